The predicted molar refractivity (Wildman–Crippen MR) is 65.3 cm³/mol. The Bertz CT molecular complexity index is 260. The summed E-state index contributed by atoms with van der Waals surface area (Å²) in [7, 11) is 1.37. The molecule has 3 N–H and O–H groups in total. The molecule has 4 unspecified atom stereocenters. The van der Waals surface area contributed by atoms with Gasteiger partial charge in [0.25, 0.3) is 0 Å². The first kappa shape index (κ1) is 13.8. The highest BCUT2D eigenvalue weighted by molar-refractivity contribution is 8.00. The fourth-order valence-electron chi connectivity index (χ4n) is 1.95. The molecule has 0 saturated heterocycles. The number of thioether (sulfide) groups is 1. The lowest BCUT2D eigenvalue weighted by Crippen LogP contribution is -2.46. The molecule has 1 fully saturated rings. The van der Waals surface area contributed by atoms with Crippen molar-refractivity contribution in [1.82, 2.24) is 0 Å². The van der Waals surface area contributed by atoms with Gasteiger partial charge in [-0.05, 0) is 26.2 Å². The topological polar surface area (TPSA) is 72.5 Å². The standard InChI is InChI=1S/C11H21NO3S/c1-7(13)8(2)16-9-4-5-11(12,6-9)10(14)15-3/h7-9,13H,4-6,12H2,1-3H3. The highest BCUT2D eigenvalue weighted by atomic mass is 32.2. The number of ether oxygens (including phenoxy) is 1. The van der Waals surface area contributed by atoms with Crippen LogP contribution in [0.5, 0.6) is 0 Å². The molecule has 0 aliphatic heterocycles. The van der Waals surface area contributed by atoms with E-state index < -0.39 is 5.54 Å². The Morgan fingerprint density at radius 1 is 1.62 bits per heavy atom. The van der Waals surface area contributed by atoms with Crippen LogP contribution in [0.25, 0.3) is 0 Å². The van der Waals surface area contributed by atoms with Gasteiger partial charge in [-0.3, -0.25) is 4.79 Å². The van der Waals surface area contributed by atoms with Crippen LogP contribution >= 0.6 is 11.8 Å². The molecule has 0 bridgehead atoms. The summed E-state index contributed by atoms with van der Waals surface area (Å²) in [5.74, 6) is -0.319. The zero-order chi connectivity index (χ0) is 12.3. The minimum atomic E-state index is -0.815. The molecule has 4 nitrogen and oxygen atoms in total. The maximum Gasteiger partial charge on any atom is 0.325 e. The molecule has 94 valence electrons. The van der Waals surface area contributed by atoms with Gasteiger partial charge in [0.15, 0.2) is 0 Å². The summed E-state index contributed by atoms with van der Waals surface area (Å²) < 4.78 is 4.72. The van der Waals surface area contributed by atoms with Crippen LogP contribution in [0.4, 0.5) is 0 Å². The number of hydrogen-bond donors (Lipinski definition) is 2. The maximum atomic E-state index is 11.5. The molecule has 16 heavy (non-hydrogen) atoms. The van der Waals surface area contributed by atoms with Crippen molar-refractivity contribution < 1.29 is 14.6 Å². The van der Waals surface area contributed by atoms with E-state index in [-0.39, 0.29) is 17.3 Å². The van der Waals surface area contributed by atoms with Gasteiger partial charge in [-0.15, -0.1) is 0 Å². The van der Waals surface area contributed by atoms with E-state index in [1.807, 2.05) is 6.92 Å². The molecule has 0 spiro atoms. The lowest BCUT2D eigenvalue weighted by molar-refractivity contribution is -0.146. The number of methoxy groups -OCH3 is 1. The third-order valence-electron chi connectivity index (χ3n) is 3.18. The van der Waals surface area contributed by atoms with Crippen LogP contribution in [0.3, 0.4) is 0 Å². The van der Waals surface area contributed by atoms with Crippen molar-refractivity contribution in [3.8, 4) is 0 Å². The van der Waals surface area contributed by atoms with Crippen molar-refractivity contribution in [1.29, 1.82) is 0 Å². The first-order valence-corrected chi connectivity index (χ1v) is 6.54. The van der Waals surface area contributed by atoms with E-state index in [0.717, 1.165) is 6.42 Å². The van der Waals surface area contributed by atoms with Crippen molar-refractivity contribution in [2.45, 2.75) is 55.3 Å². The Hall–Kier alpha value is -0.260. The third kappa shape index (κ3) is 3.12. The van der Waals surface area contributed by atoms with E-state index in [1.165, 1.54) is 7.11 Å². The number of rotatable bonds is 4. The van der Waals surface area contributed by atoms with E-state index in [2.05, 4.69) is 0 Å². The van der Waals surface area contributed by atoms with Gasteiger partial charge in [0.2, 0.25) is 0 Å². The molecule has 0 radical (unpaired) electrons. The number of carbonyl (C=O) groups excluding carboxylic acids is 1. The lowest BCUT2D eigenvalue weighted by Gasteiger charge is -2.22. The molecule has 0 aromatic rings. The molecule has 1 aliphatic rings. The average molecular weight is 247 g/mol. The van der Waals surface area contributed by atoms with E-state index in [1.54, 1.807) is 18.7 Å². The van der Waals surface area contributed by atoms with Gasteiger partial charge < -0.3 is 15.6 Å². The van der Waals surface area contributed by atoms with Crippen LogP contribution in [0.2, 0.25) is 0 Å². The molecule has 0 aromatic carbocycles. The van der Waals surface area contributed by atoms with Gasteiger partial charge in [-0.1, -0.05) is 6.92 Å². The predicted octanol–water partition coefficient (Wildman–Crippen LogP) is 0.912. The SMILES string of the molecule is COC(=O)C1(N)CCC(SC(C)C(C)O)C1. The monoisotopic (exact) mass is 247 g/mol. The molecular formula is C11H21NO3S. The van der Waals surface area contributed by atoms with E-state index >= 15 is 0 Å². The van der Waals surface area contributed by atoms with Gasteiger partial charge in [0.1, 0.15) is 5.54 Å². The second-order valence-corrected chi connectivity index (χ2v) is 6.28. The molecule has 0 aromatic heterocycles. The summed E-state index contributed by atoms with van der Waals surface area (Å²) in [5, 5.41) is 9.94. The molecule has 1 saturated carbocycles. The van der Waals surface area contributed by atoms with Gasteiger partial charge in [0.05, 0.1) is 13.2 Å². The number of carbonyl (C=O) groups is 1. The summed E-state index contributed by atoms with van der Waals surface area (Å²) in [6.07, 6.45) is 1.88. The molecule has 0 heterocycles. The Morgan fingerprint density at radius 2 is 2.25 bits per heavy atom. The van der Waals surface area contributed by atoms with Crippen LogP contribution in [-0.2, 0) is 9.53 Å². The fraction of sp³-hybridized carbons (Fsp3) is 0.909. The van der Waals surface area contributed by atoms with E-state index in [0.29, 0.717) is 18.1 Å². The van der Waals surface area contributed by atoms with Crippen molar-refractivity contribution >= 4 is 17.7 Å². The zero-order valence-electron chi connectivity index (χ0n) is 10.1. The molecule has 1 aliphatic carbocycles. The highest BCUT2D eigenvalue weighted by Gasteiger charge is 2.43. The van der Waals surface area contributed by atoms with E-state index in [9.17, 15) is 9.90 Å². The van der Waals surface area contributed by atoms with Crippen molar-refractivity contribution in [2.24, 2.45) is 5.73 Å². The van der Waals surface area contributed by atoms with Crippen LogP contribution in [0.1, 0.15) is 33.1 Å². The molecule has 5 heteroatoms. The smallest absolute Gasteiger partial charge is 0.325 e. The summed E-state index contributed by atoms with van der Waals surface area (Å²) >= 11 is 1.71. The Kier molecular flexibility index (Phi) is 4.64. The molecule has 0 amide bonds. The largest absolute Gasteiger partial charge is 0.468 e. The number of aliphatic hydroxyl groups excluding tert-OH is 1. The van der Waals surface area contributed by atoms with Crippen LogP contribution in [0.15, 0.2) is 0 Å². The summed E-state index contributed by atoms with van der Waals surface area (Å²) in [5.41, 5.74) is 5.19. The quantitative estimate of drug-likeness (QED) is 0.723. The molecule has 1 rings (SSSR count). The second-order valence-electron chi connectivity index (χ2n) is 4.59. The first-order chi connectivity index (χ1) is 7.39. The maximum absolute atomic E-state index is 11.5. The number of aliphatic hydroxyl groups is 1. The van der Waals surface area contributed by atoms with Gasteiger partial charge in [-0.25, -0.2) is 0 Å². The Morgan fingerprint density at radius 3 is 2.75 bits per heavy atom. The molecular weight excluding hydrogens is 226 g/mol. The number of esters is 1. The van der Waals surface area contributed by atoms with Crippen LogP contribution in [-0.4, -0.2) is 40.3 Å². The Labute approximate surface area is 101 Å². The fourth-order valence-corrected chi connectivity index (χ4v) is 3.43. The van der Waals surface area contributed by atoms with Gasteiger partial charge >= 0.3 is 5.97 Å². The zero-order valence-corrected chi connectivity index (χ0v) is 10.9. The van der Waals surface area contributed by atoms with Crippen LogP contribution in [0, 0.1) is 0 Å². The summed E-state index contributed by atoms with van der Waals surface area (Å²) in [6, 6.07) is 0. The summed E-state index contributed by atoms with van der Waals surface area (Å²) in [4.78, 5) is 11.5. The van der Waals surface area contributed by atoms with Crippen molar-refractivity contribution in [3.05, 3.63) is 0 Å². The average Bonchev–Trinajstić information content (AvgIpc) is 2.60. The van der Waals surface area contributed by atoms with Gasteiger partial charge in [-0.2, -0.15) is 11.8 Å². The van der Waals surface area contributed by atoms with Crippen molar-refractivity contribution in [2.75, 3.05) is 7.11 Å². The Balaban J connectivity index is 2.49. The minimum absolute atomic E-state index is 0.171. The summed E-state index contributed by atoms with van der Waals surface area (Å²) in [6.45, 7) is 3.77. The number of nitrogens with two attached hydrogens (primary N) is 1. The first-order valence-electron chi connectivity index (χ1n) is 5.60. The van der Waals surface area contributed by atoms with Crippen LogP contribution < -0.4 is 5.73 Å². The normalized spacial score (nSPS) is 33.4. The number of hydrogen-bond acceptors (Lipinski definition) is 5. The highest BCUT2D eigenvalue weighted by Crippen LogP contribution is 2.38. The minimum Gasteiger partial charge on any atom is -0.468 e. The van der Waals surface area contributed by atoms with E-state index in [4.69, 9.17) is 10.5 Å². The van der Waals surface area contributed by atoms with Crippen molar-refractivity contribution in [3.63, 3.8) is 0 Å². The lowest BCUT2D eigenvalue weighted by atomic mass is 10.00. The van der Waals surface area contributed by atoms with Gasteiger partial charge in [0, 0.05) is 10.5 Å². The second kappa shape index (κ2) is 5.38. The molecule has 4 atom stereocenters. The third-order valence-corrected chi connectivity index (χ3v) is 4.79.